The average Bonchev–Trinajstić information content (AvgIpc) is 2.38. The van der Waals surface area contributed by atoms with Crippen LogP contribution in [0.2, 0.25) is 0 Å². The lowest BCUT2D eigenvalue weighted by atomic mass is 10.3. The van der Waals surface area contributed by atoms with Crippen LogP contribution in [-0.2, 0) is 4.74 Å². The number of carbonyl (C=O) groups is 1. The van der Waals surface area contributed by atoms with Crippen LogP contribution in [0.4, 0.5) is 14.5 Å². The van der Waals surface area contributed by atoms with Gasteiger partial charge in [-0.15, -0.1) is 0 Å². The molecule has 0 saturated heterocycles. The molecule has 0 radical (unpaired) electrons. The largest absolute Gasteiger partial charge is 0.383 e. The quantitative estimate of drug-likeness (QED) is 0.705. The summed E-state index contributed by atoms with van der Waals surface area (Å²) in [5.74, 6) is -0.250. The van der Waals surface area contributed by atoms with E-state index in [2.05, 4.69) is 15.6 Å². The van der Waals surface area contributed by atoms with Crippen molar-refractivity contribution in [3.05, 3.63) is 24.0 Å². The first-order valence-electron chi connectivity index (χ1n) is 5.97. The molecule has 0 bridgehead atoms. The van der Waals surface area contributed by atoms with Crippen LogP contribution in [0.25, 0.3) is 0 Å². The Hall–Kier alpha value is -1.76. The fourth-order valence-corrected chi connectivity index (χ4v) is 1.36. The highest BCUT2D eigenvalue weighted by atomic mass is 19.3. The summed E-state index contributed by atoms with van der Waals surface area (Å²) in [4.78, 5) is 15.5. The first-order valence-corrected chi connectivity index (χ1v) is 5.97. The lowest BCUT2D eigenvalue weighted by Gasteiger charge is -2.08. The highest BCUT2D eigenvalue weighted by Crippen LogP contribution is 2.07. The number of anilines is 1. The van der Waals surface area contributed by atoms with Gasteiger partial charge in [0.25, 0.3) is 12.3 Å². The number of hydrogen-bond acceptors (Lipinski definition) is 4. The SMILES string of the molecule is CCNC(=O)c1cc(NCCOCC(F)F)ccn1. The normalized spacial score (nSPS) is 10.5. The smallest absolute Gasteiger partial charge is 0.269 e. The van der Waals surface area contributed by atoms with Crippen molar-refractivity contribution in [3.8, 4) is 0 Å². The first kappa shape index (κ1) is 15.3. The Morgan fingerprint density at radius 3 is 3.00 bits per heavy atom. The summed E-state index contributed by atoms with van der Waals surface area (Å²) in [6.07, 6.45) is -0.947. The predicted molar refractivity (Wildman–Crippen MR) is 67.6 cm³/mol. The lowest BCUT2D eigenvalue weighted by Crippen LogP contribution is -2.23. The summed E-state index contributed by atoms with van der Waals surface area (Å²) in [6.45, 7) is 2.33. The fraction of sp³-hybridized carbons (Fsp3) is 0.500. The molecule has 0 saturated carbocycles. The molecule has 0 atom stereocenters. The number of halogens is 2. The molecule has 1 rings (SSSR count). The van der Waals surface area contributed by atoms with Gasteiger partial charge in [0.05, 0.1) is 6.61 Å². The first-order chi connectivity index (χ1) is 9.13. The number of hydrogen-bond donors (Lipinski definition) is 2. The number of nitrogens with zero attached hydrogens (tertiary/aromatic N) is 1. The van der Waals surface area contributed by atoms with Gasteiger partial charge in [-0.3, -0.25) is 9.78 Å². The molecule has 0 aliphatic carbocycles. The van der Waals surface area contributed by atoms with E-state index in [9.17, 15) is 13.6 Å². The van der Waals surface area contributed by atoms with Gasteiger partial charge in [-0.1, -0.05) is 0 Å². The zero-order chi connectivity index (χ0) is 14.1. The van der Waals surface area contributed by atoms with E-state index in [1.165, 1.54) is 6.20 Å². The van der Waals surface area contributed by atoms with E-state index in [0.29, 0.717) is 24.5 Å². The van der Waals surface area contributed by atoms with Gasteiger partial charge in [0.2, 0.25) is 0 Å². The second kappa shape index (κ2) is 8.36. The van der Waals surface area contributed by atoms with Gasteiger partial charge >= 0.3 is 0 Å². The maximum Gasteiger partial charge on any atom is 0.269 e. The van der Waals surface area contributed by atoms with Crippen molar-refractivity contribution in [2.75, 3.05) is 31.6 Å². The van der Waals surface area contributed by atoms with Crippen molar-refractivity contribution in [1.82, 2.24) is 10.3 Å². The van der Waals surface area contributed by atoms with Gasteiger partial charge in [-0.05, 0) is 19.1 Å². The maximum absolute atomic E-state index is 11.8. The van der Waals surface area contributed by atoms with E-state index >= 15 is 0 Å². The highest BCUT2D eigenvalue weighted by molar-refractivity contribution is 5.93. The molecule has 0 fully saturated rings. The van der Waals surface area contributed by atoms with Crippen LogP contribution in [0.5, 0.6) is 0 Å². The zero-order valence-electron chi connectivity index (χ0n) is 10.7. The molecule has 2 N–H and O–H groups in total. The molecule has 7 heteroatoms. The van der Waals surface area contributed by atoms with Gasteiger partial charge in [-0.2, -0.15) is 0 Å². The molecule has 19 heavy (non-hydrogen) atoms. The summed E-state index contributed by atoms with van der Waals surface area (Å²) in [7, 11) is 0. The molecule has 0 unspecified atom stereocenters. The van der Waals surface area contributed by atoms with Gasteiger partial charge in [-0.25, -0.2) is 8.78 Å². The minimum Gasteiger partial charge on any atom is -0.383 e. The van der Waals surface area contributed by atoms with E-state index in [0.717, 1.165) is 0 Å². The molecule has 1 aromatic heterocycles. The third-order valence-corrected chi connectivity index (χ3v) is 2.15. The Morgan fingerprint density at radius 1 is 1.53 bits per heavy atom. The number of pyridine rings is 1. The summed E-state index contributed by atoms with van der Waals surface area (Å²) in [5, 5.41) is 5.61. The standard InChI is InChI=1S/C12H17F2N3O2/c1-2-15-12(18)10-7-9(3-4-17-10)16-5-6-19-8-11(13)14/h3-4,7,11H,2,5-6,8H2,1H3,(H,15,18)(H,16,17). The minimum absolute atomic E-state index is 0.170. The van der Waals surface area contributed by atoms with Crippen LogP contribution >= 0.6 is 0 Å². The highest BCUT2D eigenvalue weighted by Gasteiger charge is 2.06. The van der Waals surface area contributed by atoms with Crippen LogP contribution in [0.1, 0.15) is 17.4 Å². The van der Waals surface area contributed by atoms with E-state index in [4.69, 9.17) is 4.74 Å². The Bertz CT molecular complexity index is 402. The number of rotatable bonds is 8. The molecule has 0 aliphatic rings. The summed E-state index contributed by atoms with van der Waals surface area (Å²) in [5.41, 5.74) is 0.997. The van der Waals surface area contributed by atoms with E-state index in [1.54, 1.807) is 12.1 Å². The lowest BCUT2D eigenvalue weighted by molar-refractivity contribution is 0.0215. The van der Waals surface area contributed by atoms with E-state index in [1.807, 2.05) is 6.92 Å². The second-order valence-electron chi connectivity index (χ2n) is 3.68. The van der Waals surface area contributed by atoms with Crippen molar-refractivity contribution >= 4 is 11.6 Å². The summed E-state index contributed by atoms with van der Waals surface area (Å²) >= 11 is 0. The van der Waals surface area contributed by atoms with Crippen molar-refractivity contribution in [2.24, 2.45) is 0 Å². The monoisotopic (exact) mass is 273 g/mol. The zero-order valence-corrected chi connectivity index (χ0v) is 10.7. The minimum atomic E-state index is -2.45. The summed E-state index contributed by atoms with van der Waals surface area (Å²) in [6, 6.07) is 3.29. The van der Waals surface area contributed by atoms with E-state index < -0.39 is 13.0 Å². The number of alkyl halides is 2. The molecule has 106 valence electrons. The molecular weight excluding hydrogens is 256 g/mol. The molecular formula is C12H17F2N3O2. The third kappa shape index (κ3) is 6.10. The van der Waals surface area contributed by atoms with E-state index in [-0.39, 0.29) is 12.5 Å². The van der Waals surface area contributed by atoms with Gasteiger partial charge in [0, 0.05) is 25.0 Å². The van der Waals surface area contributed by atoms with Crippen LogP contribution in [-0.4, -0.2) is 43.6 Å². The van der Waals surface area contributed by atoms with Crippen molar-refractivity contribution in [2.45, 2.75) is 13.3 Å². The fourth-order valence-electron chi connectivity index (χ4n) is 1.36. The Balaban J connectivity index is 2.38. The van der Waals surface area contributed by atoms with Gasteiger partial charge in [0.15, 0.2) is 0 Å². The molecule has 1 heterocycles. The molecule has 5 nitrogen and oxygen atoms in total. The van der Waals surface area contributed by atoms with Gasteiger partial charge in [0.1, 0.15) is 12.3 Å². The van der Waals surface area contributed by atoms with Crippen molar-refractivity contribution in [1.29, 1.82) is 0 Å². The van der Waals surface area contributed by atoms with Crippen molar-refractivity contribution < 1.29 is 18.3 Å². The maximum atomic E-state index is 11.8. The Kier molecular flexibility index (Phi) is 6.73. The van der Waals surface area contributed by atoms with Crippen LogP contribution in [0.15, 0.2) is 18.3 Å². The predicted octanol–water partition coefficient (Wildman–Crippen LogP) is 1.52. The molecule has 0 spiro atoms. The third-order valence-electron chi connectivity index (χ3n) is 2.15. The Labute approximate surface area is 110 Å². The van der Waals surface area contributed by atoms with Gasteiger partial charge < -0.3 is 15.4 Å². The number of nitrogens with one attached hydrogen (secondary N) is 2. The average molecular weight is 273 g/mol. The number of carbonyl (C=O) groups excluding carboxylic acids is 1. The molecule has 1 amide bonds. The number of aromatic nitrogens is 1. The molecule has 0 aliphatic heterocycles. The van der Waals surface area contributed by atoms with Crippen LogP contribution in [0.3, 0.4) is 0 Å². The molecule has 1 aromatic rings. The number of amides is 1. The number of ether oxygens (including phenoxy) is 1. The van der Waals surface area contributed by atoms with Crippen LogP contribution < -0.4 is 10.6 Å². The topological polar surface area (TPSA) is 63.2 Å². The summed E-state index contributed by atoms with van der Waals surface area (Å²) < 4.78 is 28.3. The second-order valence-corrected chi connectivity index (χ2v) is 3.68. The Morgan fingerprint density at radius 2 is 2.32 bits per heavy atom. The van der Waals surface area contributed by atoms with Crippen LogP contribution in [0, 0.1) is 0 Å². The molecule has 0 aromatic carbocycles. The van der Waals surface area contributed by atoms with Crippen molar-refractivity contribution in [3.63, 3.8) is 0 Å².